The average Bonchev–Trinajstić information content (AvgIpc) is 2.19. The van der Waals surface area contributed by atoms with Crippen LogP contribution in [0.4, 0.5) is 0 Å². The van der Waals surface area contributed by atoms with Crippen LogP contribution in [0.1, 0.15) is 39.0 Å². The molecule has 1 fully saturated rings. The highest BCUT2D eigenvalue weighted by Crippen LogP contribution is 2.08. The summed E-state index contributed by atoms with van der Waals surface area (Å²) < 4.78 is 0. The van der Waals surface area contributed by atoms with E-state index in [4.69, 9.17) is 0 Å². The van der Waals surface area contributed by atoms with E-state index in [-0.39, 0.29) is 5.91 Å². The van der Waals surface area contributed by atoms with E-state index in [1.165, 1.54) is 19.3 Å². The van der Waals surface area contributed by atoms with Gasteiger partial charge in [-0.3, -0.25) is 4.79 Å². The number of unbranched alkanes of at least 4 members (excludes halogenated alkanes) is 1. The van der Waals surface area contributed by atoms with Gasteiger partial charge in [0.2, 0.25) is 5.91 Å². The minimum absolute atomic E-state index is 0.202. The molecule has 1 aliphatic rings. The Hall–Kier alpha value is -0.790. The molecule has 74 valence electrons. The Balaban J connectivity index is 2.28. The maximum atomic E-state index is 11.5. The Morgan fingerprint density at radius 2 is 2.00 bits per heavy atom. The van der Waals surface area contributed by atoms with Gasteiger partial charge in [0, 0.05) is 13.1 Å². The Kier molecular flexibility index (Phi) is 4.58. The molecular formula is C11H19NO. The number of carbonyl (C=O) groups is 1. The Labute approximate surface area is 80.6 Å². The van der Waals surface area contributed by atoms with Crippen molar-refractivity contribution >= 4 is 5.91 Å². The molecular weight excluding hydrogens is 162 g/mol. The zero-order valence-electron chi connectivity index (χ0n) is 8.46. The Morgan fingerprint density at radius 1 is 1.31 bits per heavy atom. The van der Waals surface area contributed by atoms with Gasteiger partial charge in [-0.1, -0.05) is 19.4 Å². The van der Waals surface area contributed by atoms with E-state index >= 15 is 0 Å². The van der Waals surface area contributed by atoms with Gasteiger partial charge in [0.15, 0.2) is 0 Å². The zero-order chi connectivity index (χ0) is 9.52. The minimum atomic E-state index is 0.202. The molecule has 1 saturated heterocycles. The predicted octanol–water partition coefficient (Wildman–Crippen LogP) is 2.36. The average molecular weight is 181 g/mol. The number of hydrogen-bond acceptors (Lipinski definition) is 1. The molecule has 0 bridgehead atoms. The Morgan fingerprint density at radius 3 is 2.62 bits per heavy atom. The molecule has 1 amide bonds. The third kappa shape index (κ3) is 3.62. The van der Waals surface area contributed by atoms with E-state index in [0.29, 0.717) is 0 Å². The number of likely N-dealkylation sites (tertiary alicyclic amines) is 1. The van der Waals surface area contributed by atoms with Crippen molar-refractivity contribution in [2.45, 2.75) is 39.0 Å². The van der Waals surface area contributed by atoms with E-state index < -0.39 is 0 Å². The molecule has 13 heavy (non-hydrogen) atoms. The smallest absolute Gasteiger partial charge is 0.246 e. The number of carbonyl (C=O) groups excluding carboxylic acids is 1. The molecule has 1 rings (SSSR count). The largest absolute Gasteiger partial charge is 0.339 e. The number of piperidine rings is 1. The first-order chi connectivity index (χ1) is 6.34. The number of rotatable bonds is 3. The summed E-state index contributed by atoms with van der Waals surface area (Å²) in [7, 11) is 0. The van der Waals surface area contributed by atoms with Crippen LogP contribution in [-0.4, -0.2) is 23.9 Å². The number of amides is 1. The van der Waals surface area contributed by atoms with Gasteiger partial charge in [-0.05, 0) is 31.8 Å². The van der Waals surface area contributed by atoms with E-state index in [1.54, 1.807) is 6.08 Å². The molecule has 0 aliphatic carbocycles. The van der Waals surface area contributed by atoms with Crippen molar-refractivity contribution in [2.24, 2.45) is 0 Å². The SMILES string of the molecule is CCCC=CC(=O)N1CCCCC1. The van der Waals surface area contributed by atoms with Crippen LogP contribution in [0.3, 0.4) is 0 Å². The van der Waals surface area contributed by atoms with Gasteiger partial charge in [0.05, 0.1) is 0 Å². The lowest BCUT2D eigenvalue weighted by molar-refractivity contribution is -0.126. The number of nitrogens with zero attached hydrogens (tertiary/aromatic N) is 1. The topological polar surface area (TPSA) is 20.3 Å². The summed E-state index contributed by atoms with van der Waals surface area (Å²) in [6, 6.07) is 0. The Bertz CT molecular complexity index is 181. The highest BCUT2D eigenvalue weighted by Gasteiger charge is 2.12. The van der Waals surface area contributed by atoms with E-state index in [9.17, 15) is 4.79 Å². The van der Waals surface area contributed by atoms with Crippen LogP contribution in [0.2, 0.25) is 0 Å². The van der Waals surface area contributed by atoms with Crippen molar-refractivity contribution in [3.05, 3.63) is 12.2 Å². The first-order valence-electron chi connectivity index (χ1n) is 5.30. The minimum Gasteiger partial charge on any atom is -0.339 e. The van der Waals surface area contributed by atoms with Crippen molar-refractivity contribution in [1.29, 1.82) is 0 Å². The van der Waals surface area contributed by atoms with Crippen LogP contribution in [0.25, 0.3) is 0 Å². The summed E-state index contributed by atoms with van der Waals surface area (Å²) in [6.45, 7) is 4.03. The molecule has 0 N–H and O–H groups in total. The standard InChI is InChI=1S/C11H19NO/c1-2-3-5-8-11(13)12-9-6-4-7-10-12/h5,8H,2-4,6-7,9-10H2,1H3. The molecule has 1 heterocycles. The third-order valence-electron chi connectivity index (χ3n) is 2.38. The molecule has 2 heteroatoms. The lowest BCUT2D eigenvalue weighted by Crippen LogP contribution is -2.34. The quantitative estimate of drug-likeness (QED) is 0.612. The predicted molar refractivity (Wildman–Crippen MR) is 54.5 cm³/mol. The molecule has 0 aromatic carbocycles. The van der Waals surface area contributed by atoms with Crippen LogP contribution in [-0.2, 0) is 4.79 Å². The lowest BCUT2D eigenvalue weighted by Gasteiger charge is -2.25. The van der Waals surface area contributed by atoms with Gasteiger partial charge < -0.3 is 4.90 Å². The normalized spacial score (nSPS) is 18.1. The van der Waals surface area contributed by atoms with E-state index in [2.05, 4.69) is 6.92 Å². The fourth-order valence-electron chi connectivity index (χ4n) is 1.57. The van der Waals surface area contributed by atoms with Gasteiger partial charge in [0.25, 0.3) is 0 Å². The second kappa shape index (κ2) is 5.79. The molecule has 0 aromatic rings. The maximum absolute atomic E-state index is 11.5. The van der Waals surface area contributed by atoms with Crippen molar-refractivity contribution in [3.8, 4) is 0 Å². The van der Waals surface area contributed by atoms with Crippen molar-refractivity contribution in [2.75, 3.05) is 13.1 Å². The highest BCUT2D eigenvalue weighted by atomic mass is 16.2. The molecule has 0 aromatic heterocycles. The van der Waals surface area contributed by atoms with Crippen LogP contribution >= 0.6 is 0 Å². The molecule has 0 saturated carbocycles. The second-order valence-corrected chi connectivity index (χ2v) is 3.58. The van der Waals surface area contributed by atoms with Crippen molar-refractivity contribution < 1.29 is 4.79 Å². The second-order valence-electron chi connectivity index (χ2n) is 3.58. The molecule has 0 radical (unpaired) electrons. The number of allylic oxidation sites excluding steroid dienone is 1. The molecule has 0 atom stereocenters. The first kappa shape index (κ1) is 10.3. The van der Waals surface area contributed by atoms with E-state index in [1.807, 2.05) is 11.0 Å². The monoisotopic (exact) mass is 181 g/mol. The van der Waals surface area contributed by atoms with Crippen molar-refractivity contribution in [1.82, 2.24) is 4.90 Å². The summed E-state index contributed by atoms with van der Waals surface area (Å²) in [4.78, 5) is 13.5. The molecule has 0 spiro atoms. The van der Waals surface area contributed by atoms with Crippen LogP contribution in [0.15, 0.2) is 12.2 Å². The van der Waals surface area contributed by atoms with Crippen LogP contribution in [0, 0.1) is 0 Å². The third-order valence-corrected chi connectivity index (χ3v) is 2.38. The summed E-state index contributed by atoms with van der Waals surface area (Å²) in [6.07, 6.45) is 9.47. The van der Waals surface area contributed by atoms with Gasteiger partial charge in [-0.2, -0.15) is 0 Å². The van der Waals surface area contributed by atoms with Crippen LogP contribution < -0.4 is 0 Å². The summed E-state index contributed by atoms with van der Waals surface area (Å²) in [5.41, 5.74) is 0. The van der Waals surface area contributed by atoms with Crippen molar-refractivity contribution in [3.63, 3.8) is 0 Å². The maximum Gasteiger partial charge on any atom is 0.246 e. The first-order valence-corrected chi connectivity index (χ1v) is 5.30. The highest BCUT2D eigenvalue weighted by molar-refractivity contribution is 5.87. The summed E-state index contributed by atoms with van der Waals surface area (Å²) >= 11 is 0. The van der Waals surface area contributed by atoms with E-state index in [0.717, 1.165) is 25.9 Å². The number of hydrogen-bond donors (Lipinski definition) is 0. The molecule has 1 aliphatic heterocycles. The van der Waals surface area contributed by atoms with Gasteiger partial charge in [-0.25, -0.2) is 0 Å². The van der Waals surface area contributed by atoms with Gasteiger partial charge >= 0.3 is 0 Å². The molecule has 2 nitrogen and oxygen atoms in total. The lowest BCUT2D eigenvalue weighted by atomic mass is 10.1. The fourth-order valence-corrected chi connectivity index (χ4v) is 1.57. The zero-order valence-corrected chi connectivity index (χ0v) is 8.46. The van der Waals surface area contributed by atoms with Gasteiger partial charge in [-0.15, -0.1) is 0 Å². The fraction of sp³-hybridized carbons (Fsp3) is 0.727. The van der Waals surface area contributed by atoms with Crippen LogP contribution in [0.5, 0.6) is 0 Å². The van der Waals surface area contributed by atoms with Gasteiger partial charge in [0.1, 0.15) is 0 Å². The molecule has 0 unspecified atom stereocenters. The summed E-state index contributed by atoms with van der Waals surface area (Å²) in [5.74, 6) is 0.202. The summed E-state index contributed by atoms with van der Waals surface area (Å²) in [5, 5.41) is 0.